The minimum absolute atomic E-state index is 0.0144. The van der Waals surface area contributed by atoms with Gasteiger partial charge in [0.15, 0.2) is 10.8 Å². The zero-order valence-electron chi connectivity index (χ0n) is 20.6. The van der Waals surface area contributed by atoms with Crippen LogP contribution in [-0.2, 0) is 24.0 Å². The molecule has 0 unspecified atom stereocenters. The van der Waals surface area contributed by atoms with Crippen molar-refractivity contribution in [2.45, 2.75) is 49.4 Å². The number of carboxylic acid groups (broad SMARTS) is 1. The van der Waals surface area contributed by atoms with Gasteiger partial charge in [-0.15, -0.1) is 23.1 Å². The van der Waals surface area contributed by atoms with E-state index in [0.29, 0.717) is 4.90 Å². The molecular formula is C23H23F3N6O6S2. The van der Waals surface area contributed by atoms with Crippen LogP contribution in [-0.4, -0.2) is 91.8 Å². The third kappa shape index (κ3) is 5.52. The summed E-state index contributed by atoms with van der Waals surface area (Å²) < 4.78 is 37.8. The van der Waals surface area contributed by atoms with Crippen molar-refractivity contribution >= 4 is 57.6 Å². The van der Waals surface area contributed by atoms with E-state index in [4.69, 9.17) is 10.6 Å². The summed E-state index contributed by atoms with van der Waals surface area (Å²) in [5.74, 6) is -3.70. The van der Waals surface area contributed by atoms with Gasteiger partial charge in [0, 0.05) is 16.7 Å². The summed E-state index contributed by atoms with van der Waals surface area (Å²) in [5.41, 5.74) is 5.45. The summed E-state index contributed by atoms with van der Waals surface area (Å²) in [7, 11) is 0. The predicted molar refractivity (Wildman–Crippen MR) is 137 cm³/mol. The molecular weight excluding hydrogens is 577 g/mol. The smallest absolute Gasteiger partial charge is 0.406 e. The molecule has 0 radical (unpaired) electrons. The van der Waals surface area contributed by atoms with Crippen LogP contribution in [0.1, 0.15) is 31.4 Å². The van der Waals surface area contributed by atoms with Crippen LogP contribution in [0.4, 0.5) is 18.3 Å². The van der Waals surface area contributed by atoms with Gasteiger partial charge in [-0.05, 0) is 37.3 Å². The van der Waals surface area contributed by atoms with Crippen molar-refractivity contribution < 1.29 is 42.3 Å². The number of fused-ring (bicyclic) bond motifs is 1. The number of nitrogen functional groups attached to an aromatic ring is 1. The first-order chi connectivity index (χ1) is 18.9. The molecule has 12 nitrogen and oxygen atoms in total. The van der Waals surface area contributed by atoms with E-state index >= 15 is 0 Å². The van der Waals surface area contributed by atoms with Gasteiger partial charge in [-0.1, -0.05) is 5.16 Å². The Morgan fingerprint density at radius 2 is 2.02 bits per heavy atom. The maximum atomic E-state index is 13.2. The van der Waals surface area contributed by atoms with Gasteiger partial charge < -0.3 is 25.9 Å². The van der Waals surface area contributed by atoms with Crippen molar-refractivity contribution in [1.82, 2.24) is 20.1 Å². The van der Waals surface area contributed by atoms with E-state index in [2.05, 4.69) is 15.5 Å². The number of carbonyl (C=O) groups is 4. The van der Waals surface area contributed by atoms with Crippen molar-refractivity contribution in [3.63, 3.8) is 0 Å². The first-order valence-corrected chi connectivity index (χ1v) is 14.1. The lowest BCUT2D eigenvalue weighted by molar-refractivity contribution is -0.164. The second-order valence-corrected chi connectivity index (χ2v) is 11.5. The molecule has 3 fully saturated rings. The Kier molecular flexibility index (Phi) is 7.52. The monoisotopic (exact) mass is 600 g/mol. The van der Waals surface area contributed by atoms with Crippen molar-refractivity contribution in [2.24, 2.45) is 5.16 Å². The van der Waals surface area contributed by atoms with E-state index in [1.165, 1.54) is 11.5 Å². The van der Waals surface area contributed by atoms with E-state index in [9.17, 15) is 37.5 Å². The van der Waals surface area contributed by atoms with E-state index < -0.39 is 47.8 Å². The van der Waals surface area contributed by atoms with Gasteiger partial charge in [0.25, 0.3) is 17.7 Å². The number of likely N-dealkylation sites (tertiary alicyclic amines) is 1. The van der Waals surface area contributed by atoms with E-state index in [0.717, 1.165) is 53.7 Å². The number of allylic oxidation sites excluding steroid dienone is 1. The lowest BCUT2D eigenvalue weighted by Crippen LogP contribution is -2.71. The van der Waals surface area contributed by atoms with Crippen molar-refractivity contribution in [3.05, 3.63) is 34.0 Å². The Bertz CT molecular complexity index is 1350. The zero-order valence-corrected chi connectivity index (χ0v) is 22.3. The SMILES string of the molecule is Nc1nc(/C(=N/OC2CCCC2)C(=O)N[C@@H]2C(=O)N3C(C(=O)O)=C(/C=C4/CN(CC(F)(F)F)C4=O)CS[C@H]23)cs1. The van der Waals surface area contributed by atoms with Gasteiger partial charge in [-0.2, -0.15) is 13.2 Å². The maximum absolute atomic E-state index is 13.2. The number of thioether (sulfide) groups is 1. The fourth-order valence-corrected chi connectivity index (χ4v) is 6.66. The quantitative estimate of drug-likeness (QED) is 0.173. The summed E-state index contributed by atoms with van der Waals surface area (Å²) in [4.78, 5) is 61.6. The van der Waals surface area contributed by atoms with Crippen LogP contribution in [0.3, 0.4) is 0 Å². The first kappa shape index (κ1) is 27.9. The molecule has 1 aromatic heterocycles. The maximum Gasteiger partial charge on any atom is 0.406 e. The molecule has 214 valence electrons. The number of β-lactam (4-membered cyclic amide) rings is 2. The normalized spacial score (nSPS) is 24.7. The number of aliphatic carboxylic acids is 1. The first-order valence-electron chi connectivity index (χ1n) is 12.2. The van der Waals surface area contributed by atoms with Gasteiger partial charge in [0.1, 0.15) is 35.5 Å². The van der Waals surface area contributed by atoms with E-state index in [-0.39, 0.29) is 51.8 Å². The van der Waals surface area contributed by atoms with Crippen molar-refractivity contribution in [1.29, 1.82) is 0 Å². The number of amides is 3. The summed E-state index contributed by atoms with van der Waals surface area (Å²) in [6.45, 7) is -1.69. The number of nitrogens with two attached hydrogens (primary N) is 1. The van der Waals surface area contributed by atoms with Crippen LogP contribution in [0.15, 0.2) is 33.5 Å². The van der Waals surface area contributed by atoms with Crippen LogP contribution in [0, 0.1) is 0 Å². The molecule has 1 saturated carbocycles. The number of nitrogens with zero attached hydrogens (tertiary/aromatic N) is 4. The van der Waals surface area contributed by atoms with Crippen LogP contribution in [0.5, 0.6) is 0 Å². The Morgan fingerprint density at radius 3 is 2.62 bits per heavy atom. The Labute approximate surface area is 233 Å². The van der Waals surface area contributed by atoms with Crippen molar-refractivity contribution in [3.8, 4) is 0 Å². The molecule has 4 heterocycles. The zero-order chi connectivity index (χ0) is 28.8. The number of carboxylic acids is 1. The molecule has 5 rings (SSSR count). The predicted octanol–water partition coefficient (Wildman–Crippen LogP) is 1.46. The summed E-state index contributed by atoms with van der Waals surface area (Å²) in [6, 6.07) is -1.08. The van der Waals surface area contributed by atoms with Crippen LogP contribution in [0.2, 0.25) is 0 Å². The molecule has 4 aliphatic rings. The minimum Gasteiger partial charge on any atom is -0.477 e. The molecule has 0 spiro atoms. The second kappa shape index (κ2) is 10.8. The van der Waals surface area contributed by atoms with E-state index in [1.54, 1.807) is 0 Å². The summed E-state index contributed by atoms with van der Waals surface area (Å²) in [6.07, 6.45) is 0.0704. The number of carbonyl (C=O) groups excluding carboxylic acids is 3. The number of hydrogen-bond donors (Lipinski definition) is 3. The van der Waals surface area contributed by atoms with Gasteiger partial charge in [0.05, 0.1) is 6.54 Å². The third-order valence-corrected chi connectivity index (χ3v) is 8.68. The summed E-state index contributed by atoms with van der Waals surface area (Å²) >= 11 is 2.24. The lowest BCUT2D eigenvalue weighted by Gasteiger charge is -2.49. The second-order valence-electron chi connectivity index (χ2n) is 9.51. The number of halogens is 3. The third-order valence-electron chi connectivity index (χ3n) is 6.70. The molecule has 3 amide bonds. The highest BCUT2D eigenvalue weighted by molar-refractivity contribution is 8.00. The van der Waals surface area contributed by atoms with Gasteiger partial charge >= 0.3 is 12.1 Å². The van der Waals surface area contributed by atoms with Crippen LogP contribution in [0.25, 0.3) is 0 Å². The fourth-order valence-electron chi connectivity index (χ4n) is 4.80. The highest BCUT2D eigenvalue weighted by Crippen LogP contribution is 2.41. The number of anilines is 1. The number of oxime groups is 1. The molecule has 0 aromatic carbocycles. The molecule has 17 heteroatoms. The average Bonchev–Trinajstić information content (AvgIpc) is 3.57. The number of hydrogen-bond acceptors (Lipinski definition) is 10. The Hall–Kier alpha value is -3.60. The van der Waals surface area contributed by atoms with Crippen LogP contribution < -0.4 is 11.1 Å². The number of rotatable bonds is 8. The largest absolute Gasteiger partial charge is 0.477 e. The number of nitrogens with one attached hydrogen (secondary N) is 1. The molecule has 2 atom stereocenters. The van der Waals surface area contributed by atoms with Gasteiger partial charge in [-0.3, -0.25) is 19.3 Å². The van der Waals surface area contributed by atoms with Crippen molar-refractivity contribution in [2.75, 3.05) is 24.6 Å². The summed E-state index contributed by atoms with van der Waals surface area (Å²) in [5, 5.41) is 17.4. The minimum atomic E-state index is -4.55. The lowest BCUT2D eigenvalue weighted by atomic mass is 9.99. The van der Waals surface area contributed by atoms with E-state index in [1.807, 2.05) is 0 Å². The fraction of sp³-hybridized carbons (Fsp3) is 0.478. The molecule has 1 aromatic rings. The van der Waals surface area contributed by atoms with Gasteiger partial charge in [-0.25, -0.2) is 9.78 Å². The standard InChI is InChI=1S/C23H23F3N6O6S2/c24-23(25,26)9-31-6-10(18(31)34)5-11-7-39-20-15(19(35)32(20)16(11)21(36)37)29-17(33)14(13-8-40-22(27)28-13)30-38-12-3-1-2-4-12/h5,8,12,15,20H,1-4,6-7,9H2,(H2,27,28)(H,29,33)(H,36,37)/b10-5-,30-14-/t15-,20-/m1/s1. The topological polar surface area (TPSA) is 168 Å². The molecule has 2 saturated heterocycles. The molecule has 4 N–H and O–H groups in total. The van der Waals surface area contributed by atoms with Gasteiger partial charge in [0.2, 0.25) is 0 Å². The number of thiazole rings is 1. The molecule has 3 aliphatic heterocycles. The average molecular weight is 601 g/mol. The Balaban J connectivity index is 1.31. The van der Waals surface area contributed by atoms with Crippen LogP contribution >= 0.6 is 23.1 Å². The molecule has 0 bridgehead atoms. The molecule has 40 heavy (non-hydrogen) atoms. The highest BCUT2D eigenvalue weighted by Gasteiger charge is 2.54. The highest BCUT2D eigenvalue weighted by atomic mass is 32.2. The number of aromatic nitrogens is 1. The molecule has 1 aliphatic carbocycles. The number of alkyl halides is 3. The Morgan fingerprint density at radius 1 is 1.30 bits per heavy atom.